The number of hydrogen-bond acceptors (Lipinski definition) is 3. The van der Waals surface area contributed by atoms with Crippen molar-refractivity contribution in [2.75, 3.05) is 26.2 Å². The van der Waals surface area contributed by atoms with Crippen LogP contribution in [0.3, 0.4) is 0 Å². The molecule has 2 aromatic carbocycles. The summed E-state index contributed by atoms with van der Waals surface area (Å²) in [5.74, 6) is -0.0130. The Labute approximate surface area is 161 Å². The minimum Gasteiger partial charge on any atom is -0.314 e. The zero-order valence-corrected chi connectivity index (χ0v) is 16.2. The van der Waals surface area contributed by atoms with Gasteiger partial charge in [0, 0.05) is 47.8 Å². The molecule has 0 aliphatic carbocycles. The van der Waals surface area contributed by atoms with Gasteiger partial charge in [0.1, 0.15) is 5.82 Å². The van der Waals surface area contributed by atoms with E-state index in [-0.39, 0.29) is 11.6 Å². The van der Waals surface area contributed by atoms with Crippen molar-refractivity contribution < 1.29 is 9.18 Å². The first-order chi connectivity index (χ1) is 12.1. The molecule has 3 rings (SSSR count). The molecule has 0 saturated carbocycles. The Bertz CT molecular complexity index is 703. The lowest BCUT2D eigenvalue weighted by Crippen LogP contribution is -2.52. The van der Waals surface area contributed by atoms with Crippen molar-refractivity contribution in [3.05, 3.63) is 69.0 Å². The molecule has 3 nitrogen and oxygen atoms in total. The Morgan fingerprint density at radius 2 is 1.88 bits per heavy atom. The number of carbonyl (C=O) groups excluding carboxylic acids is 1. The van der Waals surface area contributed by atoms with Gasteiger partial charge in [0.2, 0.25) is 0 Å². The molecular weight excluding hydrogens is 430 g/mol. The van der Waals surface area contributed by atoms with Gasteiger partial charge in [0.25, 0.3) is 0 Å². The lowest BCUT2D eigenvalue weighted by Gasteiger charge is -2.36. The monoisotopic (exact) mass is 452 g/mol. The molecule has 1 N–H and O–H groups in total. The number of nitrogens with zero attached hydrogens (tertiary/aromatic N) is 1. The number of ketones is 1. The fraction of sp³-hybridized carbons (Fsp3) is 0.350. The minimum atomic E-state index is -0.203. The smallest absolute Gasteiger partial charge is 0.164 e. The molecule has 132 valence electrons. The molecule has 1 heterocycles. The molecule has 25 heavy (non-hydrogen) atoms. The maximum absolute atomic E-state index is 13.1. The van der Waals surface area contributed by atoms with E-state index < -0.39 is 0 Å². The van der Waals surface area contributed by atoms with Crippen molar-refractivity contribution >= 4 is 28.4 Å². The van der Waals surface area contributed by atoms with Crippen LogP contribution in [0.4, 0.5) is 4.39 Å². The topological polar surface area (TPSA) is 32.3 Å². The van der Waals surface area contributed by atoms with E-state index in [0.29, 0.717) is 12.5 Å². The van der Waals surface area contributed by atoms with E-state index in [4.69, 9.17) is 0 Å². The van der Waals surface area contributed by atoms with Crippen LogP contribution >= 0.6 is 22.6 Å². The summed E-state index contributed by atoms with van der Waals surface area (Å²) in [6.07, 6.45) is 1.39. The van der Waals surface area contributed by atoms with Gasteiger partial charge in [-0.15, -0.1) is 0 Å². The lowest BCUT2D eigenvalue weighted by molar-refractivity contribution is 0.0935. The standard InChI is InChI=1S/C20H22FIN2O/c21-17-5-1-15(2-6-17)13-19-14-23-10-12-24(19)11-9-20(25)16-3-7-18(22)8-4-16/h1-8,19,23H,9-14H2. The highest BCUT2D eigenvalue weighted by molar-refractivity contribution is 14.1. The predicted octanol–water partition coefficient (Wildman–Crippen LogP) is 3.52. The zero-order chi connectivity index (χ0) is 17.6. The van der Waals surface area contributed by atoms with Crippen LogP contribution in [0.1, 0.15) is 22.3 Å². The van der Waals surface area contributed by atoms with Crippen LogP contribution < -0.4 is 5.32 Å². The molecule has 1 saturated heterocycles. The number of hydrogen-bond donors (Lipinski definition) is 1. The van der Waals surface area contributed by atoms with Gasteiger partial charge in [-0.2, -0.15) is 0 Å². The Hall–Kier alpha value is -1.31. The van der Waals surface area contributed by atoms with Gasteiger partial charge in [-0.3, -0.25) is 9.69 Å². The number of halogens is 2. The summed E-state index contributed by atoms with van der Waals surface area (Å²) in [6, 6.07) is 14.8. The number of nitrogens with one attached hydrogen (secondary N) is 1. The molecule has 0 amide bonds. The van der Waals surface area contributed by atoms with E-state index in [1.165, 1.54) is 12.1 Å². The van der Waals surface area contributed by atoms with Crippen molar-refractivity contribution in [1.29, 1.82) is 0 Å². The predicted molar refractivity (Wildman–Crippen MR) is 106 cm³/mol. The lowest BCUT2D eigenvalue weighted by atomic mass is 10.0. The molecule has 1 aliphatic rings. The minimum absolute atomic E-state index is 0.190. The second kappa shape index (κ2) is 8.87. The van der Waals surface area contributed by atoms with Crippen molar-refractivity contribution in [2.45, 2.75) is 18.9 Å². The first-order valence-corrected chi connectivity index (χ1v) is 9.67. The average Bonchev–Trinajstić information content (AvgIpc) is 2.63. The molecule has 0 radical (unpaired) electrons. The Morgan fingerprint density at radius 1 is 1.16 bits per heavy atom. The van der Waals surface area contributed by atoms with Gasteiger partial charge in [-0.05, 0) is 58.8 Å². The Morgan fingerprint density at radius 3 is 2.60 bits per heavy atom. The van der Waals surface area contributed by atoms with Crippen LogP contribution in [0.5, 0.6) is 0 Å². The summed E-state index contributed by atoms with van der Waals surface area (Å²) in [5.41, 5.74) is 1.91. The Kier molecular flexibility index (Phi) is 6.56. The maximum atomic E-state index is 13.1. The second-order valence-electron chi connectivity index (χ2n) is 6.40. The van der Waals surface area contributed by atoms with Gasteiger partial charge in [-0.1, -0.05) is 24.3 Å². The van der Waals surface area contributed by atoms with Crippen LogP contribution in [0.15, 0.2) is 48.5 Å². The van der Waals surface area contributed by atoms with E-state index in [9.17, 15) is 9.18 Å². The summed E-state index contributed by atoms with van der Waals surface area (Å²) in [5, 5.41) is 3.42. The van der Waals surface area contributed by atoms with E-state index >= 15 is 0 Å². The summed E-state index contributed by atoms with van der Waals surface area (Å²) >= 11 is 2.24. The summed E-state index contributed by atoms with van der Waals surface area (Å²) in [4.78, 5) is 14.8. The largest absolute Gasteiger partial charge is 0.314 e. The molecule has 1 unspecified atom stereocenters. The van der Waals surface area contributed by atoms with Gasteiger partial charge < -0.3 is 5.32 Å². The van der Waals surface area contributed by atoms with E-state index in [1.54, 1.807) is 0 Å². The quantitative estimate of drug-likeness (QED) is 0.538. The third-order valence-electron chi connectivity index (χ3n) is 4.65. The summed E-state index contributed by atoms with van der Waals surface area (Å²) in [7, 11) is 0. The van der Waals surface area contributed by atoms with Gasteiger partial charge in [-0.25, -0.2) is 4.39 Å². The van der Waals surface area contributed by atoms with Crippen LogP contribution in [0.2, 0.25) is 0 Å². The number of rotatable bonds is 6. The van der Waals surface area contributed by atoms with Crippen molar-refractivity contribution in [3.63, 3.8) is 0 Å². The van der Waals surface area contributed by atoms with Crippen molar-refractivity contribution in [1.82, 2.24) is 10.2 Å². The summed E-state index contributed by atoms with van der Waals surface area (Å²) in [6.45, 7) is 3.54. The zero-order valence-electron chi connectivity index (χ0n) is 14.1. The van der Waals surface area contributed by atoms with Crippen LogP contribution in [-0.4, -0.2) is 42.9 Å². The van der Waals surface area contributed by atoms with Crippen LogP contribution in [-0.2, 0) is 6.42 Å². The normalized spacial score (nSPS) is 18.2. The molecule has 0 aromatic heterocycles. The van der Waals surface area contributed by atoms with Gasteiger partial charge in [0.05, 0.1) is 0 Å². The third kappa shape index (κ3) is 5.33. The highest BCUT2D eigenvalue weighted by atomic mass is 127. The van der Waals surface area contributed by atoms with Crippen LogP contribution in [0, 0.1) is 9.39 Å². The van der Waals surface area contributed by atoms with E-state index in [0.717, 1.165) is 47.3 Å². The molecule has 1 aliphatic heterocycles. The third-order valence-corrected chi connectivity index (χ3v) is 5.37. The molecule has 2 aromatic rings. The summed E-state index contributed by atoms with van der Waals surface area (Å²) < 4.78 is 14.2. The SMILES string of the molecule is O=C(CCN1CCNCC1Cc1ccc(F)cc1)c1ccc(I)cc1. The highest BCUT2D eigenvalue weighted by Gasteiger charge is 2.23. The first-order valence-electron chi connectivity index (χ1n) is 8.60. The van der Waals surface area contributed by atoms with E-state index in [1.807, 2.05) is 36.4 Å². The molecule has 0 bridgehead atoms. The van der Waals surface area contributed by atoms with Crippen LogP contribution in [0.25, 0.3) is 0 Å². The van der Waals surface area contributed by atoms with E-state index in [2.05, 4.69) is 32.8 Å². The van der Waals surface area contributed by atoms with Crippen molar-refractivity contribution in [2.24, 2.45) is 0 Å². The highest BCUT2D eigenvalue weighted by Crippen LogP contribution is 2.14. The molecule has 5 heteroatoms. The molecule has 1 fully saturated rings. The number of Topliss-reactive ketones (excluding diaryl/α,β-unsaturated/α-hetero) is 1. The fourth-order valence-corrected chi connectivity index (χ4v) is 3.58. The van der Waals surface area contributed by atoms with Gasteiger partial charge in [0.15, 0.2) is 5.78 Å². The molecule has 0 spiro atoms. The second-order valence-corrected chi connectivity index (χ2v) is 7.65. The first kappa shape index (κ1) is 18.5. The number of benzene rings is 2. The molecular formula is C20H22FIN2O. The number of carbonyl (C=O) groups is 1. The number of piperazine rings is 1. The Balaban J connectivity index is 1.58. The fourth-order valence-electron chi connectivity index (χ4n) is 3.22. The average molecular weight is 452 g/mol. The van der Waals surface area contributed by atoms with Gasteiger partial charge >= 0.3 is 0 Å². The molecule has 1 atom stereocenters. The van der Waals surface area contributed by atoms with Crippen molar-refractivity contribution in [3.8, 4) is 0 Å². The maximum Gasteiger partial charge on any atom is 0.164 e.